The van der Waals surface area contributed by atoms with Crippen LogP contribution in [-0.2, 0) is 6.54 Å². The van der Waals surface area contributed by atoms with Crippen LogP contribution in [0.2, 0.25) is 0 Å². The number of aliphatic imine (C=N–C) groups is 1. The van der Waals surface area contributed by atoms with Crippen LogP contribution in [0.15, 0.2) is 23.2 Å². The Morgan fingerprint density at radius 3 is 2.59 bits per heavy atom. The van der Waals surface area contributed by atoms with E-state index in [1.165, 1.54) is 0 Å². The molecule has 0 bridgehead atoms. The van der Waals surface area contributed by atoms with Crippen molar-refractivity contribution < 1.29 is 23.4 Å². The molecular formula is C18H28F2IN3O3. The predicted molar refractivity (Wildman–Crippen MR) is 111 cm³/mol. The van der Waals surface area contributed by atoms with Gasteiger partial charge in [0, 0.05) is 24.1 Å². The van der Waals surface area contributed by atoms with E-state index >= 15 is 0 Å². The van der Waals surface area contributed by atoms with E-state index < -0.39 is 6.61 Å². The molecule has 1 saturated carbocycles. The van der Waals surface area contributed by atoms with Crippen molar-refractivity contribution in [3.05, 3.63) is 23.8 Å². The molecule has 6 nitrogen and oxygen atoms in total. The average molecular weight is 499 g/mol. The zero-order valence-electron chi connectivity index (χ0n) is 15.6. The minimum Gasteiger partial charge on any atom is -0.490 e. The normalized spacial score (nSPS) is 15.1. The molecule has 0 unspecified atom stereocenters. The maximum absolute atomic E-state index is 12.8. The Hall–Kier alpha value is -1.36. The molecule has 9 heteroatoms. The van der Waals surface area contributed by atoms with Crippen molar-refractivity contribution in [2.45, 2.75) is 39.8 Å². The first-order valence-electron chi connectivity index (χ1n) is 8.86. The van der Waals surface area contributed by atoms with Gasteiger partial charge in [0.15, 0.2) is 17.5 Å². The van der Waals surface area contributed by atoms with E-state index in [0.29, 0.717) is 31.2 Å². The van der Waals surface area contributed by atoms with Crippen LogP contribution in [0.1, 0.15) is 32.3 Å². The summed E-state index contributed by atoms with van der Waals surface area (Å²) in [5.41, 5.74) is 0.450. The molecule has 1 aliphatic carbocycles. The minimum atomic E-state index is -2.94. The molecule has 27 heavy (non-hydrogen) atoms. The van der Waals surface area contributed by atoms with Gasteiger partial charge in [-0.05, 0) is 32.8 Å². The number of guanidine groups is 1. The van der Waals surface area contributed by atoms with Crippen LogP contribution < -0.4 is 20.1 Å². The summed E-state index contributed by atoms with van der Waals surface area (Å²) in [6, 6.07) is 5.00. The van der Waals surface area contributed by atoms with Crippen molar-refractivity contribution in [3.63, 3.8) is 0 Å². The summed E-state index contributed by atoms with van der Waals surface area (Å²) in [6.45, 7) is 2.71. The molecule has 154 valence electrons. The Morgan fingerprint density at radius 1 is 1.30 bits per heavy atom. The zero-order chi connectivity index (χ0) is 19.0. The number of alkyl halides is 2. The molecule has 0 heterocycles. The summed E-state index contributed by atoms with van der Waals surface area (Å²) in [5.74, 6) is 0.852. The molecule has 0 atom stereocenters. The summed E-state index contributed by atoms with van der Waals surface area (Å²) >= 11 is 0. The second-order valence-corrected chi connectivity index (χ2v) is 6.26. The number of benzene rings is 1. The average Bonchev–Trinajstić information content (AvgIpc) is 3.40. The van der Waals surface area contributed by atoms with Gasteiger partial charge in [0.1, 0.15) is 0 Å². The Labute approximate surface area is 175 Å². The molecule has 0 saturated heterocycles. The Balaban J connectivity index is 0.00000364. The molecule has 0 radical (unpaired) electrons. The zero-order valence-corrected chi connectivity index (χ0v) is 18.0. The number of aliphatic hydroxyl groups excluding tert-OH is 1. The fourth-order valence-electron chi connectivity index (χ4n) is 2.52. The van der Waals surface area contributed by atoms with Gasteiger partial charge in [-0.3, -0.25) is 0 Å². The molecule has 1 aliphatic rings. The SMILES string of the molecule is CCNC(=NCc1cccc(OCC)c1OC(F)F)NCC1(CO)CC1.I. The lowest BCUT2D eigenvalue weighted by Crippen LogP contribution is -2.41. The standard InChI is InChI=1S/C18H27F2N3O3.HI/c1-3-21-17(23-11-18(12-24)8-9-18)22-10-13-6-5-7-14(25-4-2)15(13)26-16(19)20;/h5-7,16,24H,3-4,8-12H2,1-2H3,(H2,21,22,23);1H. The number of ether oxygens (including phenoxy) is 2. The number of rotatable bonds is 10. The number of halogens is 3. The second kappa shape index (κ2) is 11.5. The van der Waals surface area contributed by atoms with Crippen LogP contribution in [0, 0.1) is 5.41 Å². The molecule has 2 rings (SSSR count). The van der Waals surface area contributed by atoms with Crippen LogP contribution in [0.5, 0.6) is 11.5 Å². The summed E-state index contributed by atoms with van der Waals surface area (Å²) < 4.78 is 35.6. The number of aliphatic hydroxyl groups is 1. The first-order valence-corrected chi connectivity index (χ1v) is 8.86. The molecule has 0 amide bonds. The molecule has 0 spiro atoms. The van der Waals surface area contributed by atoms with Gasteiger partial charge in [0.25, 0.3) is 0 Å². The molecule has 0 aromatic heterocycles. The number of hydrogen-bond donors (Lipinski definition) is 3. The van der Waals surface area contributed by atoms with Gasteiger partial charge in [-0.15, -0.1) is 24.0 Å². The topological polar surface area (TPSA) is 75.1 Å². The van der Waals surface area contributed by atoms with Crippen molar-refractivity contribution >= 4 is 29.9 Å². The Bertz CT molecular complexity index is 614. The first kappa shape index (κ1) is 23.7. The lowest BCUT2D eigenvalue weighted by molar-refractivity contribution is -0.0520. The first-order chi connectivity index (χ1) is 12.5. The lowest BCUT2D eigenvalue weighted by Gasteiger charge is -2.17. The van der Waals surface area contributed by atoms with Crippen molar-refractivity contribution in [1.82, 2.24) is 10.6 Å². The highest BCUT2D eigenvalue weighted by Gasteiger charge is 2.41. The molecule has 1 fully saturated rings. The van der Waals surface area contributed by atoms with E-state index in [1.807, 2.05) is 6.92 Å². The van der Waals surface area contributed by atoms with E-state index in [0.717, 1.165) is 12.8 Å². The largest absolute Gasteiger partial charge is 0.490 e. The van der Waals surface area contributed by atoms with Gasteiger partial charge >= 0.3 is 6.61 Å². The predicted octanol–water partition coefficient (Wildman–Crippen LogP) is 3.13. The smallest absolute Gasteiger partial charge is 0.387 e. The van der Waals surface area contributed by atoms with Crippen molar-refractivity contribution in [1.29, 1.82) is 0 Å². The maximum Gasteiger partial charge on any atom is 0.387 e. The van der Waals surface area contributed by atoms with Crippen molar-refractivity contribution in [2.24, 2.45) is 10.4 Å². The Morgan fingerprint density at radius 2 is 2.04 bits per heavy atom. The highest BCUT2D eigenvalue weighted by atomic mass is 127. The van der Waals surface area contributed by atoms with Gasteiger partial charge in [0.05, 0.1) is 19.8 Å². The van der Waals surface area contributed by atoms with Gasteiger partial charge in [-0.1, -0.05) is 12.1 Å². The van der Waals surface area contributed by atoms with Crippen LogP contribution >= 0.6 is 24.0 Å². The number of para-hydroxylation sites is 1. The van der Waals surface area contributed by atoms with Gasteiger partial charge < -0.3 is 25.2 Å². The maximum atomic E-state index is 12.8. The summed E-state index contributed by atoms with van der Waals surface area (Å²) in [6.07, 6.45) is 1.97. The quantitative estimate of drug-likeness (QED) is 0.262. The summed E-state index contributed by atoms with van der Waals surface area (Å²) in [5, 5.41) is 15.7. The number of nitrogens with zero attached hydrogens (tertiary/aromatic N) is 1. The third-order valence-electron chi connectivity index (χ3n) is 4.24. The number of nitrogens with one attached hydrogen (secondary N) is 2. The van der Waals surface area contributed by atoms with E-state index in [4.69, 9.17) is 4.74 Å². The monoisotopic (exact) mass is 499 g/mol. The summed E-state index contributed by atoms with van der Waals surface area (Å²) in [4.78, 5) is 4.45. The third-order valence-corrected chi connectivity index (χ3v) is 4.24. The Kier molecular flexibility index (Phi) is 10.1. The molecular weight excluding hydrogens is 471 g/mol. The lowest BCUT2D eigenvalue weighted by atomic mass is 10.1. The fraction of sp³-hybridized carbons (Fsp3) is 0.611. The molecule has 1 aromatic rings. The van der Waals surface area contributed by atoms with Gasteiger partial charge in [-0.25, -0.2) is 4.99 Å². The van der Waals surface area contributed by atoms with Gasteiger partial charge in [-0.2, -0.15) is 8.78 Å². The van der Waals surface area contributed by atoms with Crippen LogP contribution in [0.3, 0.4) is 0 Å². The van der Waals surface area contributed by atoms with Gasteiger partial charge in [0.2, 0.25) is 0 Å². The van der Waals surface area contributed by atoms with E-state index in [9.17, 15) is 13.9 Å². The molecule has 3 N–H and O–H groups in total. The highest BCUT2D eigenvalue weighted by molar-refractivity contribution is 14.0. The number of hydrogen-bond acceptors (Lipinski definition) is 4. The summed E-state index contributed by atoms with van der Waals surface area (Å²) in [7, 11) is 0. The van der Waals surface area contributed by atoms with E-state index in [1.54, 1.807) is 25.1 Å². The molecule has 1 aromatic carbocycles. The van der Waals surface area contributed by atoms with E-state index in [-0.39, 0.29) is 54.0 Å². The van der Waals surface area contributed by atoms with Crippen LogP contribution in [0.25, 0.3) is 0 Å². The second-order valence-electron chi connectivity index (χ2n) is 6.26. The van der Waals surface area contributed by atoms with Crippen molar-refractivity contribution in [3.8, 4) is 11.5 Å². The molecule has 0 aliphatic heterocycles. The van der Waals surface area contributed by atoms with Crippen LogP contribution in [-0.4, -0.2) is 44.0 Å². The minimum absolute atomic E-state index is 0. The van der Waals surface area contributed by atoms with Crippen molar-refractivity contribution in [2.75, 3.05) is 26.3 Å². The highest BCUT2D eigenvalue weighted by Crippen LogP contribution is 2.44. The third kappa shape index (κ3) is 7.28. The van der Waals surface area contributed by atoms with Crippen LogP contribution in [0.4, 0.5) is 8.78 Å². The fourth-order valence-corrected chi connectivity index (χ4v) is 2.52. The van der Waals surface area contributed by atoms with E-state index in [2.05, 4.69) is 20.4 Å².